The molecule has 0 aliphatic heterocycles. The summed E-state index contributed by atoms with van der Waals surface area (Å²) < 4.78 is 19.9. The Labute approximate surface area is 188 Å². The minimum atomic E-state index is -0.363. The molecule has 1 aliphatic rings. The van der Waals surface area contributed by atoms with E-state index in [1.54, 1.807) is 0 Å². The van der Waals surface area contributed by atoms with Crippen LogP contribution in [0.1, 0.15) is 36.5 Å². The molecule has 0 heterocycles. The fraction of sp³-hybridized carbons (Fsp3) is 0.364. The van der Waals surface area contributed by atoms with Gasteiger partial charge in [0.05, 0.1) is 24.8 Å². The highest BCUT2D eigenvalue weighted by atomic mass is 127. The molecule has 0 aromatic heterocycles. The molecule has 1 aliphatic carbocycles. The van der Waals surface area contributed by atoms with Crippen LogP contribution < -0.4 is 15.4 Å². The van der Waals surface area contributed by atoms with E-state index >= 15 is 0 Å². The van der Waals surface area contributed by atoms with Crippen molar-refractivity contribution in [3.05, 3.63) is 65.0 Å². The van der Waals surface area contributed by atoms with Gasteiger partial charge >= 0.3 is 0 Å². The zero-order valence-corrected chi connectivity index (χ0v) is 18.8. The van der Waals surface area contributed by atoms with Crippen LogP contribution in [0.25, 0.3) is 0 Å². The predicted molar refractivity (Wildman–Crippen MR) is 123 cm³/mol. The Kier molecular flexibility index (Phi) is 9.19. The molecule has 0 unspecified atom stereocenters. The molecule has 0 atom stereocenters. The van der Waals surface area contributed by atoms with Gasteiger partial charge in [0.1, 0.15) is 11.6 Å². The molecule has 5 nitrogen and oxygen atoms in total. The highest BCUT2D eigenvalue weighted by Crippen LogP contribution is 2.30. The van der Waals surface area contributed by atoms with Gasteiger partial charge < -0.3 is 15.4 Å². The largest absolute Gasteiger partial charge is 0.493 e. The number of ether oxygens (including phenoxy) is 1. The summed E-state index contributed by atoms with van der Waals surface area (Å²) >= 11 is 0. The molecule has 2 aromatic carbocycles. The van der Waals surface area contributed by atoms with Crippen LogP contribution in [0.5, 0.6) is 5.75 Å². The molecule has 0 bridgehead atoms. The molecule has 0 spiro atoms. The zero-order chi connectivity index (χ0) is 19.8. The van der Waals surface area contributed by atoms with E-state index in [0.29, 0.717) is 36.1 Å². The highest BCUT2D eigenvalue weighted by molar-refractivity contribution is 14.0. The Morgan fingerprint density at radius 2 is 2.00 bits per heavy atom. The van der Waals surface area contributed by atoms with Crippen molar-refractivity contribution in [1.29, 1.82) is 5.26 Å². The molecular formula is C22H26FIN4O. The first-order chi connectivity index (χ1) is 13.7. The van der Waals surface area contributed by atoms with E-state index in [1.807, 2.05) is 37.3 Å². The van der Waals surface area contributed by atoms with Gasteiger partial charge in [-0.1, -0.05) is 18.2 Å². The molecule has 3 rings (SSSR count). The molecular weight excluding hydrogens is 482 g/mol. The normalized spacial score (nSPS) is 13.2. The molecule has 0 amide bonds. The molecule has 0 radical (unpaired) electrons. The first-order valence-corrected chi connectivity index (χ1v) is 9.61. The fourth-order valence-corrected chi connectivity index (χ4v) is 2.73. The van der Waals surface area contributed by atoms with Crippen LogP contribution in [0.15, 0.2) is 47.5 Å². The van der Waals surface area contributed by atoms with Crippen molar-refractivity contribution in [2.24, 2.45) is 10.9 Å². The van der Waals surface area contributed by atoms with Crippen LogP contribution in [0.3, 0.4) is 0 Å². The topological polar surface area (TPSA) is 69.4 Å². The molecule has 0 saturated heterocycles. The Balaban J connectivity index is 0.00000300. The lowest BCUT2D eigenvalue weighted by Gasteiger charge is -2.14. The van der Waals surface area contributed by atoms with E-state index in [0.717, 1.165) is 17.9 Å². The number of guanidine groups is 1. The van der Waals surface area contributed by atoms with Crippen LogP contribution in [-0.4, -0.2) is 19.1 Å². The lowest BCUT2D eigenvalue weighted by Crippen LogP contribution is -2.36. The smallest absolute Gasteiger partial charge is 0.191 e. The summed E-state index contributed by atoms with van der Waals surface area (Å²) in [6.45, 7) is 4.12. The summed E-state index contributed by atoms with van der Waals surface area (Å²) in [5, 5.41) is 15.4. The maximum absolute atomic E-state index is 14.0. The molecule has 1 saturated carbocycles. The molecule has 2 N–H and O–H groups in total. The van der Waals surface area contributed by atoms with Gasteiger partial charge in [-0.15, -0.1) is 24.0 Å². The van der Waals surface area contributed by atoms with Crippen LogP contribution >= 0.6 is 24.0 Å². The Hall–Kier alpha value is -2.34. The number of halogens is 2. The number of nitrogens with one attached hydrogen (secondary N) is 2. The summed E-state index contributed by atoms with van der Waals surface area (Å²) in [7, 11) is 0. The van der Waals surface area contributed by atoms with Gasteiger partial charge in [-0.3, -0.25) is 0 Å². The number of benzene rings is 2. The van der Waals surface area contributed by atoms with Crippen molar-refractivity contribution in [2.45, 2.75) is 32.9 Å². The standard InChI is InChI=1S/C22H25FN4O.HI/c1-2-25-22(27-14-19-11-17(12-24)9-10-20(19)23)26-13-18-5-3-4-6-21(18)28-15-16-7-8-16;/h3-6,9-11,16H,2,7-8,13-15H2,1H3,(H2,25,26,27);1H. The lowest BCUT2D eigenvalue weighted by atomic mass is 10.1. The van der Waals surface area contributed by atoms with Crippen LogP contribution in [0.2, 0.25) is 0 Å². The Bertz CT molecular complexity index is 877. The van der Waals surface area contributed by atoms with Gasteiger partial charge in [-0.05, 0) is 49.9 Å². The number of aliphatic imine (C=N–C) groups is 1. The SMILES string of the molecule is CCNC(=NCc1cc(C#N)ccc1F)NCc1ccccc1OCC1CC1.I. The highest BCUT2D eigenvalue weighted by Gasteiger charge is 2.22. The second-order valence-corrected chi connectivity index (χ2v) is 6.83. The molecule has 154 valence electrons. The van der Waals surface area contributed by atoms with E-state index in [9.17, 15) is 4.39 Å². The average molecular weight is 508 g/mol. The van der Waals surface area contributed by atoms with Gasteiger partial charge in [-0.25, -0.2) is 9.38 Å². The zero-order valence-electron chi connectivity index (χ0n) is 16.5. The van der Waals surface area contributed by atoms with Gasteiger partial charge in [0.15, 0.2) is 5.96 Å². The average Bonchev–Trinajstić information content (AvgIpc) is 3.54. The molecule has 29 heavy (non-hydrogen) atoms. The summed E-state index contributed by atoms with van der Waals surface area (Å²) in [6, 6.07) is 14.3. The van der Waals surface area contributed by atoms with Gasteiger partial charge in [0.2, 0.25) is 0 Å². The van der Waals surface area contributed by atoms with Crippen LogP contribution in [0.4, 0.5) is 4.39 Å². The third-order valence-electron chi connectivity index (χ3n) is 4.52. The van der Waals surface area contributed by atoms with Gasteiger partial charge in [-0.2, -0.15) is 5.26 Å². The van der Waals surface area contributed by atoms with Crippen molar-refractivity contribution in [3.8, 4) is 11.8 Å². The number of para-hydroxylation sites is 1. The number of rotatable bonds is 8. The van der Waals surface area contributed by atoms with Crippen LogP contribution in [-0.2, 0) is 13.1 Å². The monoisotopic (exact) mass is 508 g/mol. The Morgan fingerprint density at radius 1 is 1.21 bits per heavy atom. The van der Waals surface area contributed by atoms with Crippen molar-refractivity contribution >= 4 is 29.9 Å². The summed E-state index contributed by atoms with van der Waals surface area (Å²) in [5.41, 5.74) is 1.86. The lowest BCUT2D eigenvalue weighted by molar-refractivity contribution is 0.296. The van der Waals surface area contributed by atoms with E-state index in [-0.39, 0.29) is 36.3 Å². The van der Waals surface area contributed by atoms with Crippen molar-refractivity contribution in [1.82, 2.24) is 10.6 Å². The van der Waals surface area contributed by atoms with Crippen LogP contribution in [0, 0.1) is 23.1 Å². The number of nitrogens with zero attached hydrogens (tertiary/aromatic N) is 2. The second-order valence-electron chi connectivity index (χ2n) is 6.83. The maximum atomic E-state index is 14.0. The van der Waals surface area contributed by atoms with E-state index < -0.39 is 0 Å². The quantitative estimate of drug-likeness (QED) is 0.316. The van der Waals surface area contributed by atoms with Gasteiger partial charge in [0, 0.05) is 24.2 Å². The van der Waals surface area contributed by atoms with Crippen molar-refractivity contribution in [3.63, 3.8) is 0 Å². The number of hydrogen-bond acceptors (Lipinski definition) is 3. The minimum Gasteiger partial charge on any atom is -0.493 e. The minimum absolute atomic E-state index is 0. The fourth-order valence-electron chi connectivity index (χ4n) is 2.73. The summed E-state index contributed by atoms with van der Waals surface area (Å²) in [5.74, 6) is 1.79. The van der Waals surface area contributed by atoms with E-state index in [4.69, 9.17) is 10.00 Å². The number of hydrogen-bond donors (Lipinski definition) is 2. The summed E-state index contributed by atoms with van der Waals surface area (Å²) in [6.07, 6.45) is 2.50. The van der Waals surface area contributed by atoms with Crippen molar-refractivity contribution < 1.29 is 9.13 Å². The first-order valence-electron chi connectivity index (χ1n) is 9.61. The van der Waals surface area contributed by atoms with E-state index in [2.05, 4.69) is 15.6 Å². The number of nitriles is 1. The van der Waals surface area contributed by atoms with E-state index in [1.165, 1.54) is 31.0 Å². The Morgan fingerprint density at radius 3 is 2.72 bits per heavy atom. The third kappa shape index (κ3) is 7.20. The van der Waals surface area contributed by atoms with Crippen molar-refractivity contribution in [2.75, 3.05) is 13.2 Å². The first kappa shape index (κ1) is 22.9. The van der Waals surface area contributed by atoms with Gasteiger partial charge in [0.25, 0.3) is 0 Å². The molecule has 7 heteroatoms. The summed E-state index contributed by atoms with van der Waals surface area (Å²) in [4.78, 5) is 4.45. The second kappa shape index (κ2) is 11.6. The maximum Gasteiger partial charge on any atom is 0.191 e. The third-order valence-corrected chi connectivity index (χ3v) is 4.52. The predicted octanol–water partition coefficient (Wildman–Crippen LogP) is 4.36. The molecule has 1 fully saturated rings. The molecule has 2 aromatic rings.